The highest BCUT2D eigenvalue weighted by Gasteiger charge is 2.16. The molecular formula is C18H15ClN2OS. The quantitative estimate of drug-likeness (QED) is 0.686. The summed E-state index contributed by atoms with van der Waals surface area (Å²) < 4.78 is 0. The minimum Gasteiger partial charge on any atom is -0.336 e. The molecule has 3 aromatic rings. The first-order chi connectivity index (χ1) is 11.1. The molecular weight excluding hydrogens is 328 g/mol. The van der Waals surface area contributed by atoms with Crippen molar-refractivity contribution in [2.45, 2.75) is 6.54 Å². The third kappa shape index (κ3) is 3.78. The molecule has 0 radical (unpaired) electrons. The molecule has 0 atom stereocenters. The summed E-state index contributed by atoms with van der Waals surface area (Å²) in [5.74, 6) is -0.0941. The lowest BCUT2D eigenvalue weighted by molar-refractivity contribution is 0.0780. The Morgan fingerprint density at radius 2 is 1.96 bits per heavy atom. The minimum absolute atomic E-state index is 0.0941. The van der Waals surface area contributed by atoms with Gasteiger partial charge in [0.2, 0.25) is 0 Å². The van der Waals surface area contributed by atoms with E-state index < -0.39 is 0 Å². The van der Waals surface area contributed by atoms with Crippen molar-refractivity contribution < 1.29 is 4.79 Å². The summed E-state index contributed by atoms with van der Waals surface area (Å²) >= 11 is 7.46. The van der Waals surface area contributed by atoms with Crippen LogP contribution < -0.4 is 0 Å². The van der Waals surface area contributed by atoms with Crippen molar-refractivity contribution in [2.75, 3.05) is 7.05 Å². The highest BCUT2D eigenvalue weighted by Crippen LogP contribution is 2.24. The van der Waals surface area contributed by atoms with Gasteiger partial charge in [0.15, 0.2) is 0 Å². The number of carbonyl (C=O) groups excluding carboxylic acids is 1. The van der Waals surface area contributed by atoms with Crippen molar-refractivity contribution in [1.82, 2.24) is 9.88 Å². The van der Waals surface area contributed by atoms with Crippen LogP contribution in [-0.2, 0) is 6.54 Å². The summed E-state index contributed by atoms with van der Waals surface area (Å²) in [6.45, 7) is 0.498. The Morgan fingerprint density at radius 3 is 2.70 bits per heavy atom. The van der Waals surface area contributed by atoms with E-state index in [0.29, 0.717) is 17.3 Å². The second-order valence-electron chi connectivity index (χ2n) is 5.20. The standard InChI is InChI=1S/C18H15ClN2OS/c1-21(11-13-6-5-9-15(19)10-13)18(22)16-12-23-17(20-16)14-7-3-2-4-8-14/h2-10,12H,11H2,1H3. The van der Waals surface area contributed by atoms with E-state index in [4.69, 9.17) is 11.6 Å². The number of thiazole rings is 1. The van der Waals surface area contributed by atoms with Crippen molar-refractivity contribution >= 4 is 28.8 Å². The molecule has 0 unspecified atom stereocenters. The molecule has 0 bridgehead atoms. The third-order valence-electron chi connectivity index (χ3n) is 3.40. The number of aromatic nitrogens is 1. The van der Waals surface area contributed by atoms with E-state index >= 15 is 0 Å². The fourth-order valence-corrected chi connectivity index (χ4v) is 3.27. The molecule has 2 aromatic carbocycles. The molecule has 0 fully saturated rings. The van der Waals surface area contributed by atoms with Crippen LogP contribution in [0.15, 0.2) is 60.0 Å². The molecule has 5 heteroatoms. The van der Waals surface area contributed by atoms with Gasteiger partial charge in [-0.3, -0.25) is 4.79 Å². The van der Waals surface area contributed by atoms with Gasteiger partial charge < -0.3 is 4.90 Å². The number of nitrogens with zero attached hydrogens (tertiary/aromatic N) is 2. The molecule has 0 aliphatic rings. The second-order valence-corrected chi connectivity index (χ2v) is 6.49. The summed E-state index contributed by atoms with van der Waals surface area (Å²) in [5.41, 5.74) is 2.49. The Morgan fingerprint density at radius 1 is 1.17 bits per heavy atom. The van der Waals surface area contributed by atoms with E-state index in [9.17, 15) is 4.79 Å². The normalized spacial score (nSPS) is 10.5. The molecule has 0 spiro atoms. The van der Waals surface area contributed by atoms with Crippen LogP contribution in [0.4, 0.5) is 0 Å². The smallest absolute Gasteiger partial charge is 0.273 e. The van der Waals surface area contributed by atoms with Crippen LogP contribution in [0, 0.1) is 0 Å². The van der Waals surface area contributed by atoms with Crippen molar-refractivity contribution in [1.29, 1.82) is 0 Å². The summed E-state index contributed by atoms with van der Waals surface area (Å²) in [6.07, 6.45) is 0. The zero-order valence-electron chi connectivity index (χ0n) is 12.6. The predicted octanol–water partition coefficient (Wildman–Crippen LogP) is 4.74. The Hall–Kier alpha value is -2.17. The van der Waals surface area contributed by atoms with Gasteiger partial charge in [0, 0.05) is 29.6 Å². The highest BCUT2D eigenvalue weighted by molar-refractivity contribution is 7.13. The number of amides is 1. The van der Waals surface area contributed by atoms with Crippen molar-refractivity contribution in [2.24, 2.45) is 0 Å². The molecule has 0 N–H and O–H groups in total. The van der Waals surface area contributed by atoms with Crippen molar-refractivity contribution in [3.63, 3.8) is 0 Å². The lowest BCUT2D eigenvalue weighted by Gasteiger charge is -2.16. The van der Waals surface area contributed by atoms with Crippen LogP contribution in [0.3, 0.4) is 0 Å². The Balaban J connectivity index is 1.74. The van der Waals surface area contributed by atoms with Crippen LogP contribution in [-0.4, -0.2) is 22.8 Å². The number of carbonyl (C=O) groups is 1. The zero-order valence-corrected chi connectivity index (χ0v) is 14.1. The van der Waals surface area contributed by atoms with Gasteiger partial charge in [0.05, 0.1) is 0 Å². The maximum Gasteiger partial charge on any atom is 0.273 e. The van der Waals surface area contributed by atoms with Crippen LogP contribution >= 0.6 is 22.9 Å². The predicted molar refractivity (Wildman–Crippen MR) is 94.8 cm³/mol. The van der Waals surface area contributed by atoms with E-state index in [1.54, 1.807) is 17.3 Å². The van der Waals surface area contributed by atoms with Gasteiger partial charge in [-0.25, -0.2) is 4.98 Å². The third-order valence-corrected chi connectivity index (χ3v) is 4.53. The molecule has 0 aliphatic carbocycles. The molecule has 1 heterocycles. The van der Waals surface area contributed by atoms with Gasteiger partial charge in [0.25, 0.3) is 5.91 Å². The lowest BCUT2D eigenvalue weighted by Crippen LogP contribution is -2.26. The monoisotopic (exact) mass is 342 g/mol. The first-order valence-electron chi connectivity index (χ1n) is 7.14. The van der Waals surface area contributed by atoms with E-state index in [1.807, 2.05) is 54.6 Å². The molecule has 0 saturated carbocycles. The van der Waals surface area contributed by atoms with Gasteiger partial charge in [0.1, 0.15) is 10.7 Å². The number of benzene rings is 2. The summed E-state index contributed by atoms with van der Waals surface area (Å²) in [7, 11) is 1.77. The first-order valence-corrected chi connectivity index (χ1v) is 8.40. The Labute approximate surface area is 144 Å². The average Bonchev–Trinajstić information content (AvgIpc) is 3.05. The Bertz CT molecular complexity index is 817. The van der Waals surface area contributed by atoms with Crippen molar-refractivity contribution in [3.05, 3.63) is 76.3 Å². The molecule has 23 heavy (non-hydrogen) atoms. The van der Waals surface area contributed by atoms with E-state index in [0.717, 1.165) is 16.1 Å². The van der Waals surface area contributed by atoms with Crippen LogP contribution in [0.25, 0.3) is 10.6 Å². The molecule has 0 saturated heterocycles. The average molecular weight is 343 g/mol. The van der Waals surface area contributed by atoms with Gasteiger partial charge in [-0.05, 0) is 17.7 Å². The summed E-state index contributed by atoms with van der Waals surface area (Å²) in [4.78, 5) is 18.6. The minimum atomic E-state index is -0.0941. The number of hydrogen-bond donors (Lipinski definition) is 0. The molecule has 116 valence electrons. The Kier molecular flexibility index (Phi) is 4.74. The van der Waals surface area contributed by atoms with Gasteiger partial charge in [-0.2, -0.15) is 0 Å². The van der Waals surface area contributed by atoms with Gasteiger partial charge >= 0.3 is 0 Å². The van der Waals surface area contributed by atoms with Crippen molar-refractivity contribution in [3.8, 4) is 10.6 Å². The highest BCUT2D eigenvalue weighted by atomic mass is 35.5. The molecule has 1 amide bonds. The summed E-state index contributed by atoms with van der Waals surface area (Å²) in [6, 6.07) is 17.4. The molecule has 0 aliphatic heterocycles. The molecule has 3 rings (SSSR count). The maximum absolute atomic E-state index is 12.5. The maximum atomic E-state index is 12.5. The lowest BCUT2D eigenvalue weighted by atomic mass is 10.2. The largest absolute Gasteiger partial charge is 0.336 e. The first kappa shape index (κ1) is 15.7. The SMILES string of the molecule is CN(Cc1cccc(Cl)c1)C(=O)c1csc(-c2ccccc2)n1. The fourth-order valence-electron chi connectivity index (χ4n) is 2.26. The van der Waals surface area contributed by atoms with Crippen LogP contribution in [0.2, 0.25) is 5.02 Å². The number of rotatable bonds is 4. The van der Waals surface area contributed by atoms with Gasteiger partial charge in [-0.1, -0.05) is 54.1 Å². The molecule has 3 nitrogen and oxygen atoms in total. The number of halogens is 1. The van der Waals surface area contributed by atoms with E-state index in [2.05, 4.69) is 4.98 Å². The van der Waals surface area contributed by atoms with E-state index in [1.165, 1.54) is 11.3 Å². The fraction of sp³-hybridized carbons (Fsp3) is 0.111. The topological polar surface area (TPSA) is 33.2 Å². The van der Waals surface area contributed by atoms with E-state index in [-0.39, 0.29) is 5.91 Å². The van der Waals surface area contributed by atoms with Crippen LogP contribution in [0.1, 0.15) is 16.1 Å². The zero-order chi connectivity index (χ0) is 16.2. The van der Waals surface area contributed by atoms with Gasteiger partial charge in [-0.15, -0.1) is 11.3 Å². The molecule has 1 aromatic heterocycles. The summed E-state index contributed by atoms with van der Waals surface area (Å²) in [5, 5.41) is 3.33. The van der Waals surface area contributed by atoms with Crippen LogP contribution in [0.5, 0.6) is 0 Å². The second kappa shape index (κ2) is 6.94. The number of hydrogen-bond acceptors (Lipinski definition) is 3.